The summed E-state index contributed by atoms with van der Waals surface area (Å²) in [6.07, 6.45) is 0.201. The van der Waals surface area contributed by atoms with E-state index in [-0.39, 0.29) is 12.3 Å². The van der Waals surface area contributed by atoms with Gasteiger partial charge in [-0.15, -0.1) is 0 Å². The number of benzene rings is 2. The Morgan fingerprint density at radius 1 is 0.900 bits per heavy atom. The average molecular weight is 349 g/mol. The molecule has 0 spiro atoms. The molecule has 20 heavy (non-hydrogen) atoms. The number of carbonyl (C=O) groups excluding carboxylic acids is 1. The monoisotopic (exact) mass is 347 g/mol. The second-order valence-electron chi connectivity index (χ2n) is 4.10. The molecule has 0 heterocycles. The first-order valence-electron chi connectivity index (χ1n) is 5.64. The molecule has 104 valence electrons. The van der Waals surface area contributed by atoms with Crippen LogP contribution in [0, 0.1) is 0 Å². The summed E-state index contributed by atoms with van der Waals surface area (Å²) in [5, 5.41) is 4.31. The van der Waals surface area contributed by atoms with Gasteiger partial charge in [0.15, 0.2) is 0 Å². The molecule has 2 aromatic rings. The van der Waals surface area contributed by atoms with Crippen molar-refractivity contribution in [2.75, 3.05) is 5.32 Å². The van der Waals surface area contributed by atoms with Gasteiger partial charge in [-0.2, -0.15) is 0 Å². The van der Waals surface area contributed by atoms with Crippen LogP contribution in [-0.4, -0.2) is 5.91 Å². The molecule has 0 saturated heterocycles. The van der Waals surface area contributed by atoms with E-state index in [4.69, 9.17) is 46.4 Å². The predicted octanol–water partition coefficient (Wildman–Crippen LogP) is 5.48. The maximum atomic E-state index is 12.0. The largest absolute Gasteiger partial charge is 0.323 e. The summed E-state index contributed by atoms with van der Waals surface area (Å²) in [7, 11) is 0. The van der Waals surface area contributed by atoms with Crippen LogP contribution in [0.25, 0.3) is 0 Å². The molecule has 0 unspecified atom stereocenters. The highest BCUT2D eigenvalue weighted by molar-refractivity contribution is 6.42. The predicted molar refractivity (Wildman–Crippen MR) is 85.3 cm³/mol. The molecular formula is C14H9Cl4NO. The van der Waals surface area contributed by atoms with Crippen molar-refractivity contribution in [3.05, 3.63) is 62.1 Å². The fraction of sp³-hybridized carbons (Fsp3) is 0.0714. The Kier molecular flexibility index (Phi) is 5.17. The molecule has 0 aliphatic rings. The Morgan fingerprint density at radius 3 is 2.00 bits per heavy atom. The van der Waals surface area contributed by atoms with Gasteiger partial charge in [0.2, 0.25) is 5.91 Å². The van der Waals surface area contributed by atoms with Crippen LogP contribution >= 0.6 is 46.4 Å². The topological polar surface area (TPSA) is 29.1 Å². The zero-order valence-electron chi connectivity index (χ0n) is 10.1. The Balaban J connectivity index is 2.10. The summed E-state index contributed by atoms with van der Waals surface area (Å²) < 4.78 is 0. The first kappa shape index (κ1) is 15.5. The molecule has 0 atom stereocenters. The first-order valence-corrected chi connectivity index (χ1v) is 7.16. The van der Waals surface area contributed by atoms with E-state index < -0.39 is 0 Å². The van der Waals surface area contributed by atoms with Crippen molar-refractivity contribution in [1.82, 2.24) is 0 Å². The second kappa shape index (κ2) is 6.68. The van der Waals surface area contributed by atoms with Crippen molar-refractivity contribution >= 4 is 58.0 Å². The summed E-state index contributed by atoms with van der Waals surface area (Å²) in [5.41, 5.74) is 1.20. The molecule has 0 aliphatic heterocycles. The number of amides is 1. The van der Waals surface area contributed by atoms with E-state index in [0.29, 0.717) is 25.8 Å². The molecule has 0 fully saturated rings. The van der Waals surface area contributed by atoms with Crippen LogP contribution in [0.15, 0.2) is 36.4 Å². The molecular weight excluding hydrogens is 340 g/mol. The first-order chi connectivity index (χ1) is 9.45. The average Bonchev–Trinajstić information content (AvgIpc) is 2.36. The third-order valence-corrected chi connectivity index (χ3v) is 3.62. The van der Waals surface area contributed by atoms with Gasteiger partial charge in [0, 0.05) is 10.0 Å². The highest BCUT2D eigenvalue weighted by Crippen LogP contribution is 2.33. The Hall–Kier alpha value is -0.930. The molecule has 0 aromatic heterocycles. The fourth-order valence-corrected chi connectivity index (χ4v) is 2.67. The van der Waals surface area contributed by atoms with Crippen molar-refractivity contribution < 1.29 is 4.79 Å². The zero-order valence-corrected chi connectivity index (χ0v) is 13.1. The maximum absolute atomic E-state index is 12.0. The van der Waals surface area contributed by atoms with Crippen molar-refractivity contribution in [3.8, 4) is 0 Å². The molecule has 0 bridgehead atoms. The molecule has 1 N–H and O–H groups in total. The number of rotatable bonds is 3. The van der Waals surface area contributed by atoms with Crippen molar-refractivity contribution in [3.63, 3.8) is 0 Å². The lowest BCUT2D eigenvalue weighted by atomic mass is 10.1. The van der Waals surface area contributed by atoms with Crippen LogP contribution in [0.3, 0.4) is 0 Å². The lowest BCUT2D eigenvalue weighted by Crippen LogP contribution is -2.15. The van der Waals surface area contributed by atoms with E-state index in [1.807, 2.05) is 0 Å². The Bertz CT molecular complexity index is 617. The number of hydrogen-bond donors (Lipinski definition) is 1. The van der Waals surface area contributed by atoms with Gasteiger partial charge in [-0.25, -0.2) is 0 Å². The SMILES string of the molecule is O=C(Cc1ccc(Cl)cc1)Nc1c(Cl)cc(Cl)cc1Cl. The summed E-state index contributed by atoms with van der Waals surface area (Å²) in [4.78, 5) is 12.0. The lowest BCUT2D eigenvalue weighted by molar-refractivity contribution is -0.115. The van der Waals surface area contributed by atoms with E-state index in [1.165, 1.54) is 12.1 Å². The van der Waals surface area contributed by atoms with Crippen LogP contribution in [-0.2, 0) is 11.2 Å². The van der Waals surface area contributed by atoms with E-state index in [9.17, 15) is 4.79 Å². The number of nitrogens with one attached hydrogen (secondary N) is 1. The molecule has 2 rings (SSSR count). The van der Waals surface area contributed by atoms with Gasteiger partial charge in [-0.1, -0.05) is 58.5 Å². The van der Waals surface area contributed by atoms with E-state index >= 15 is 0 Å². The van der Waals surface area contributed by atoms with Gasteiger partial charge in [-0.05, 0) is 29.8 Å². The molecule has 6 heteroatoms. The Morgan fingerprint density at radius 2 is 1.45 bits per heavy atom. The van der Waals surface area contributed by atoms with Crippen LogP contribution in [0.4, 0.5) is 5.69 Å². The van der Waals surface area contributed by atoms with Gasteiger partial charge >= 0.3 is 0 Å². The molecule has 0 aliphatic carbocycles. The fourth-order valence-electron chi connectivity index (χ4n) is 1.63. The standard InChI is InChI=1S/C14H9Cl4NO/c15-9-3-1-8(2-4-9)5-13(20)19-14-11(17)6-10(16)7-12(14)18/h1-4,6-7H,5H2,(H,19,20). The summed E-state index contributed by atoms with van der Waals surface area (Å²) in [5.74, 6) is -0.224. The molecule has 0 radical (unpaired) electrons. The van der Waals surface area contributed by atoms with Crippen LogP contribution in [0.5, 0.6) is 0 Å². The van der Waals surface area contributed by atoms with E-state index in [2.05, 4.69) is 5.32 Å². The van der Waals surface area contributed by atoms with Gasteiger partial charge in [0.1, 0.15) is 0 Å². The smallest absolute Gasteiger partial charge is 0.228 e. The Labute approximate surface area is 136 Å². The van der Waals surface area contributed by atoms with Gasteiger partial charge < -0.3 is 5.32 Å². The molecule has 2 nitrogen and oxygen atoms in total. The number of carbonyl (C=O) groups is 1. The highest BCUT2D eigenvalue weighted by atomic mass is 35.5. The van der Waals surface area contributed by atoms with E-state index in [1.54, 1.807) is 24.3 Å². The quantitative estimate of drug-likeness (QED) is 0.781. The maximum Gasteiger partial charge on any atom is 0.228 e. The number of anilines is 1. The lowest BCUT2D eigenvalue weighted by Gasteiger charge is -2.10. The van der Waals surface area contributed by atoms with Crippen molar-refractivity contribution in [1.29, 1.82) is 0 Å². The summed E-state index contributed by atoms with van der Waals surface area (Å²) in [6, 6.07) is 10.1. The highest BCUT2D eigenvalue weighted by Gasteiger charge is 2.11. The van der Waals surface area contributed by atoms with E-state index in [0.717, 1.165) is 5.56 Å². The minimum Gasteiger partial charge on any atom is -0.323 e. The van der Waals surface area contributed by atoms with Crippen LogP contribution in [0.1, 0.15) is 5.56 Å². The summed E-state index contributed by atoms with van der Waals surface area (Å²) >= 11 is 23.6. The third-order valence-electron chi connectivity index (χ3n) is 2.55. The third kappa shape index (κ3) is 4.03. The van der Waals surface area contributed by atoms with Gasteiger partial charge in [0.25, 0.3) is 0 Å². The second-order valence-corrected chi connectivity index (χ2v) is 5.78. The molecule has 2 aromatic carbocycles. The van der Waals surface area contributed by atoms with Crippen molar-refractivity contribution in [2.45, 2.75) is 6.42 Å². The minimum absolute atomic E-state index is 0.201. The summed E-state index contributed by atoms with van der Waals surface area (Å²) in [6.45, 7) is 0. The normalized spacial score (nSPS) is 10.4. The zero-order chi connectivity index (χ0) is 14.7. The van der Waals surface area contributed by atoms with Crippen molar-refractivity contribution in [2.24, 2.45) is 0 Å². The number of hydrogen-bond acceptors (Lipinski definition) is 1. The van der Waals surface area contributed by atoms with Gasteiger partial charge in [-0.3, -0.25) is 4.79 Å². The van der Waals surface area contributed by atoms with Crippen LogP contribution < -0.4 is 5.32 Å². The van der Waals surface area contributed by atoms with Crippen LogP contribution in [0.2, 0.25) is 20.1 Å². The molecule has 1 amide bonds. The van der Waals surface area contributed by atoms with Gasteiger partial charge in [0.05, 0.1) is 22.2 Å². The molecule has 0 saturated carbocycles. The number of halogens is 4. The minimum atomic E-state index is -0.224.